The van der Waals surface area contributed by atoms with Gasteiger partial charge in [0.25, 0.3) is 0 Å². The van der Waals surface area contributed by atoms with Crippen molar-refractivity contribution in [1.82, 2.24) is 0 Å². The molecule has 140 valence electrons. The van der Waals surface area contributed by atoms with Gasteiger partial charge in [-0.05, 0) is 72.8 Å². The van der Waals surface area contributed by atoms with E-state index in [-0.39, 0.29) is 11.8 Å². The van der Waals surface area contributed by atoms with E-state index in [2.05, 4.69) is 6.07 Å². The summed E-state index contributed by atoms with van der Waals surface area (Å²) in [7, 11) is 3.28. The van der Waals surface area contributed by atoms with Crippen LogP contribution in [0.25, 0.3) is 0 Å². The minimum absolute atomic E-state index is 0.196. The van der Waals surface area contributed by atoms with Gasteiger partial charge < -0.3 is 9.47 Å². The first-order chi connectivity index (χ1) is 13.2. The van der Waals surface area contributed by atoms with Gasteiger partial charge in [-0.25, -0.2) is 0 Å². The Morgan fingerprint density at radius 1 is 0.963 bits per heavy atom. The molecule has 0 spiro atoms. The fourth-order valence-electron chi connectivity index (χ4n) is 4.76. The van der Waals surface area contributed by atoms with Gasteiger partial charge in [0, 0.05) is 11.1 Å². The van der Waals surface area contributed by atoms with Gasteiger partial charge in [0.2, 0.25) is 0 Å². The predicted molar refractivity (Wildman–Crippen MR) is 104 cm³/mol. The fraction of sp³-hybridized carbons (Fsp3) is 0.391. The van der Waals surface area contributed by atoms with Gasteiger partial charge in [0.1, 0.15) is 11.5 Å². The molecule has 2 unspecified atom stereocenters. The van der Waals surface area contributed by atoms with Gasteiger partial charge in [0.05, 0.1) is 19.8 Å². The van der Waals surface area contributed by atoms with Crippen LogP contribution < -0.4 is 9.47 Å². The van der Waals surface area contributed by atoms with Crippen molar-refractivity contribution in [1.29, 1.82) is 0 Å². The largest absolute Gasteiger partial charge is 0.496 e. The Bertz CT molecular complexity index is 900. The maximum atomic E-state index is 12.0. The number of methoxy groups -OCH3 is 2. The van der Waals surface area contributed by atoms with Crippen molar-refractivity contribution in [2.75, 3.05) is 14.2 Å². The predicted octanol–water partition coefficient (Wildman–Crippen LogP) is 4.48. The first kappa shape index (κ1) is 17.8. The summed E-state index contributed by atoms with van der Waals surface area (Å²) in [4.78, 5) is 23.7. The van der Waals surface area contributed by atoms with Crippen LogP contribution in [0.4, 0.5) is 0 Å². The molecule has 0 heterocycles. The van der Waals surface area contributed by atoms with Gasteiger partial charge in [0.15, 0.2) is 12.6 Å². The van der Waals surface area contributed by atoms with Crippen LogP contribution in [0.15, 0.2) is 24.3 Å². The molecule has 0 N–H and O–H groups in total. The molecule has 4 rings (SSSR count). The third kappa shape index (κ3) is 2.84. The van der Waals surface area contributed by atoms with Gasteiger partial charge in [-0.1, -0.05) is 12.1 Å². The number of benzene rings is 2. The zero-order valence-corrected chi connectivity index (χ0v) is 15.8. The molecule has 2 atom stereocenters. The van der Waals surface area contributed by atoms with Gasteiger partial charge in [-0.2, -0.15) is 0 Å². The number of hydrogen-bond donors (Lipinski definition) is 0. The molecule has 4 bridgehead atoms. The number of carbonyl (C=O) groups is 2. The van der Waals surface area contributed by atoms with Crippen LogP contribution in [0.3, 0.4) is 0 Å². The maximum Gasteiger partial charge on any atom is 0.153 e. The summed E-state index contributed by atoms with van der Waals surface area (Å²) in [5, 5.41) is 0. The van der Waals surface area contributed by atoms with E-state index >= 15 is 0 Å². The van der Waals surface area contributed by atoms with E-state index < -0.39 is 0 Å². The lowest BCUT2D eigenvalue weighted by Gasteiger charge is -2.39. The third-order valence-corrected chi connectivity index (χ3v) is 6.17. The summed E-state index contributed by atoms with van der Waals surface area (Å²) < 4.78 is 11.3. The first-order valence-electron chi connectivity index (χ1n) is 9.52. The Balaban J connectivity index is 1.94. The highest BCUT2D eigenvalue weighted by atomic mass is 16.5. The second-order valence-electron chi connectivity index (χ2n) is 7.44. The van der Waals surface area contributed by atoms with E-state index in [1.54, 1.807) is 14.2 Å². The molecule has 2 aliphatic carbocycles. The van der Waals surface area contributed by atoms with Crippen molar-refractivity contribution in [3.05, 3.63) is 57.6 Å². The van der Waals surface area contributed by atoms with E-state index in [0.717, 1.165) is 78.2 Å². The molecular formula is C23H24O4. The lowest BCUT2D eigenvalue weighted by atomic mass is 9.65. The van der Waals surface area contributed by atoms with E-state index in [4.69, 9.17) is 9.47 Å². The van der Waals surface area contributed by atoms with E-state index in [9.17, 15) is 9.59 Å². The van der Waals surface area contributed by atoms with Crippen LogP contribution in [0.2, 0.25) is 0 Å². The van der Waals surface area contributed by atoms with E-state index in [1.807, 2.05) is 18.2 Å². The Morgan fingerprint density at radius 3 is 2.41 bits per heavy atom. The molecule has 2 aromatic rings. The summed E-state index contributed by atoms with van der Waals surface area (Å²) in [6, 6.07) is 8.15. The Hall–Kier alpha value is -2.62. The van der Waals surface area contributed by atoms with Gasteiger partial charge in [-0.3, -0.25) is 9.59 Å². The molecule has 0 aromatic heterocycles. The molecule has 4 heteroatoms. The summed E-state index contributed by atoms with van der Waals surface area (Å²) >= 11 is 0. The molecule has 0 saturated heterocycles. The molecule has 0 amide bonds. The highest BCUT2D eigenvalue weighted by Gasteiger charge is 2.39. The molecule has 2 aromatic carbocycles. The van der Waals surface area contributed by atoms with Crippen LogP contribution in [-0.2, 0) is 12.8 Å². The Morgan fingerprint density at radius 2 is 1.78 bits per heavy atom. The second-order valence-corrected chi connectivity index (χ2v) is 7.44. The van der Waals surface area contributed by atoms with Crippen molar-refractivity contribution in [2.45, 2.75) is 43.9 Å². The number of rotatable bonds is 4. The molecule has 0 aliphatic heterocycles. The van der Waals surface area contributed by atoms with Crippen molar-refractivity contribution in [3.63, 3.8) is 0 Å². The summed E-state index contributed by atoms with van der Waals surface area (Å²) in [6.07, 6.45) is 6.51. The highest BCUT2D eigenvalue weighted by Crippen LogP contribution is 2.55. The van der Waals surface area contributed by atoms with Gasteiger partial charge in [-0.15, -0.1) is 0 Å². The number of ether oxygens (including phenoxy) is 2. The van der Waals surface area contributed by atoms with Crippen LogP contribution in [0, 0.1) is 0 Å². The molecule has 0 radical (unpaired) electrons. The minimum atomic E-state index is 0.196. The summed E-state index contributed by atoms with van der Waals surface area (Å²) in [5.41, 5.74) is 5.75. The molecule has 27 heavy (non-hydrogen) atoms. The minimum Gasteiger partial charge on any atom is -0.496 e. The van der Waals surface area contributed by atoms with Crippen molar-refractivity contribution >= 4 is 12.6 Å². The summed E-state index contributed by atoms with van der Waals surface area (Å²) in [6.45, 7) is 0. The van der Waals surface area contributed by atoms with Crippen molar-refractivity contribution in [3.8, 4) is 11.5 Å². The second kappa shape index (κ2) is 7.18. The first-order valence-corrected chi connectivity index (χ1v) is 9.52. The third-order valence-electron chi connectivity index (χ3n) is 6.17. The van der Waals surface area contributed by atoms with E-state index in [0.29, 0.717) is 11.3 Å². The smallest absolute Gasteiger partial charge is 0.153 e. The topological polar surface area (TPSA) is 52.6 Å². The van der Waals surface area contributed by atoms with Gasteiger partial charge >= 0.3 is 0 Å². The van der Waals surface area contributed by atoms with E-state index in [1.165, 1.54) is 0 Å². The standard InChI is InChI=1S/C23H24O4/c1-26-21-9-6-15-5-3-4-14-10-16(12-24)23(27-2)19(11-14)17-7-8-18(17)22(21)20(15)13-25/h6,9-13,17-18H,3-5,7-8H2,1-2H3. The number of aldehydes is 2. The van der Waals surface area contributed by atoms with Crippen molar-refractivity contribution in [2.24, 2.45) is 0 Å². The molecule has 1 fully saturated rings. The SMILES string of the molecule is COc1ccc2c(C=O)c1C1CCC1c1cc(cc(C=O)c1OC)CCC2. The Labute approximate surface area is 159 Å². The average molecular weight is 364 g/mol. The number of hydrogen-bond acceptors (Lipinski definition) is 4. The quantitative estimate of drug-likeness (QED) is 0.751. The molecule has 1 saturated carbocycles. The number of carbonyl (C=O) groups excluding carboxylic acids is 2. The van der Waals surface area contributed by atoms with Crippen LogP contribution in [0.5, 0.6) is 11.5 Å². The lowest BCUT2D eigenvalue weighted by molar-refractivity contribution is 0.111. The number of fused-ring (bicyclic) bond motifs is 7. The van der Waals surface area contributed by atoms with Crippen molar-refractivity contribution < 1.29 is 19.1 Å². The molecule has 4 nitrogen and oxygen atoms in total. The molecule has 2 aliphatic rings. The summed E-state index contributed by atoms with van der Waals surface area (Å²) in [5.74, 6) is 1.87. The highest BCUT2D eigenvalue weighted by molar-refractivity contribution is 5.83. The zero-order valence-electron chi connectivity index (χ0n) is 15.8. The zero-order chi connectivity index (χ0) is 19.0. The Kier molecular flexibility index (Phi) is 4.73. The lowest BCUT2D eigenvalue weighted by Crippen LogP contribution is -2.25. The van der Waals surface area contributed by atoms with Crippen LogP contribution in [-0.4, -0.2) is 26.8 Å². The average Bonchev–Trinajstić information content (AvgIpc) is 2.67. The normalized spacial score (nSPS) is 20.5. The maximum absolute atomic E-state index is 12.0. The molecular weight excluding hydrogens is 340 g/mol. The number of aryl methyl sites for hydroxylation is 2. The fourth-order valence-corrected chi connectivity index (χ4v) is 4.76. The van der Waals surface area contributed by atoms with Crippen LogP contribution in [0.1, 0.15) is 74.1 Å². The monoisotopic (exact) mass is 364 g/mol. The van der Waals surface area contributed by atoms with Crippen LogP contribution >= 0.6 is 0 Å².